The standard InChI is InChI=1S/C25H26FN3O2/c1-25(2,15-26)24(31)29-21-14-17(11-12-27-21)23-18(13-16-7-4-3-5-8-16)22-19(28-23)9-6-10-20(22)30/h3-5,7-8,11-12,14,28H,6,9-10,13,15H2,1-2H3,(H,27,29,31). The molecule has 1 aliphatic rings. The minimum absolute atomic E-state index is 0.168. The maximum Gasteiger partial charge on any atom is 0.233 e. The lowest BCUT2D eigenvalue weighted by Gasteiger charge is -2.19. The molecule has 0 radical (unpaired) electrons. The first-order valence-corrected chi connectivity index (χ1v) is 10.5. The van der Waals surface area contributed by atoms with Crippen molar-refractivity contribution in [2.45, 2.75) is 39.5 Å². The molecule has 160 valence electrons. The van der Waals surface area contributed by atoms with E-state index in [2.05, 4.69) is 15.3 Å². The number of aromatic amines is 1. The third kappa shape index (κ3) is 4.29. The van der Waals surface area contributed by atoms with Crippen molar-refractivity contribution >= 4 is 17.5 Å². The molecule has 0 unspecified atom stereocenters. The fraction of sp³-hybridized carbons (Fsp3) is 0.320. The molecule has 3 aromatic rings. The molecule has 0 saturated heterocycles. The van der Waals surface area contributed by atoms with Gasteiger partial charge in [-0.15, -0.1) is 0 Å². The predicted octanol–water partition coefficient (Wildman–Crippen LogP) is 5.12. The summed E-state index contributed by atoms with van der Waals surface area (Å²) in [7, 11) is 0. The van der Waals surface area contributed by atoms with E-state index in [0.717, 1.165) is 46.5 Å². The van der Waals surface area contributed by atoms with Gasteiger partial charge in [0, 0.05) is 35.9 Å². The smallest absolute Gasteiger partial charge is 0.233 e. The Hall–Kier alpha value is -3.28. The van der Waals surface area contributed by atoms with Crippen molar-refractivity contribution in [2.75, 3.05) is 12.0 Å². The van der Waals surface area contributed by atoms with Gasteiger partial charge in [-0.3, -0.25) is 9.59 Å². The molecule has 1 aliphatic carbocycles. The van der Waals surface area contributed by atoms with E-state index in [1.54, 1.807) is 26.1 Å². The number of hydrogen-bond acceptors (Lipinski definition) is 3. The minimum atomic E-state index is -1.13. The zero-order valence-electron chi connectivity index (χ0n) is 17.8. The van der Waals surface area contributed by atoms with Crippen LogP contribution in [0, 0.1) is 5.41 Å². The van der Waals surface area contributed by atoms with Crippen molar-refractivity contribution in [3.63, 3.8) is 0 Å². The predicted molar refractivity (Wildman–Crippen MR) is 119 cm³/mol. The SMILES string of the molecule is CC(C)(CF)C(=O)Nc1cc(-c2[nH]c3c(c2Cc2ccccc2)C(=O)CCC3)ccn1. The highest BCUT2D eigenvalue weighted by Crippen LogP contribution is 2.35. The normalized spacial score (nSPS) is 13.7. The van der Waals surface area contributed by atoms with Crippen molar-refractivity contribution in [3.8, 4) is 11.3 Å². The Balaban J connectivity index is 1.74. The van der Waals surface area contributed by atoms with E-state index in [9.17, 15) is 14.0 Å². The zero-order valence-corrected chi connectivity index (χ0v) is 17.8. The number of nitrogens with zero attached hydrogens (tertiary/aromatic N) is 1. The van der Waals surface area contributed by atoms with Gasteiger partial charge in [-0.1, -0.05) is 30.3 Å². The average Bonchev–Trinajstić information content (AvgIpc) is 3.14. The molecule has 2 aromatic heterocycles. The second-order valence-electron chi connectivity index (χ2n) is 8.67. The van der Waals surface area contributed by atoms with Crippen LogP contribution in [0.1, 0.15) is 53.9 Å². The van der Waals surface area contributed by atoms with Crippen LogP contribution in [0.3, 0.4) is 0 Å². The van der Waals surface area contributed by atoms with E-state index in [-0.39, 0.29) is 5.78 Å². The number of halogens is 1. The third-order valence-corrected chi connectivity index (χ3v) is 5.75. The van der Waals surface area contributed by atoms with Crippen LogP contribution in [0.4, 0.5) is 10.2 Å². The molecule has 0 saturated carbocycles. The number of fused-ring (bicyclic) bond motifs is 1. The summed E-state index contributed by atoms with van der Waals surface area (Å²) in [5.41, 5.74) is 4.43. The van der Waals surface area contributed by atoms with Crippen LogP contribution < -0.4 is 5.32 Å². The van der Waals surface area contributed by atoms with Gasteiger partial charge in [0.25, 0.3) is 0 Å². The Morgan fingerprint density at radius 3 is 2.71 bits per heavy atom. The van der Waals surface area contributed by atoms with Crippen LogP contribution in [0.2, 0.25) is 0 Å². The molecular formula is C25H26FN3O2. The van der Waals surface area contributed by atoms with Crippen LogP contribution >= 0.6 is 0 Å². The number of rotatable bonds is 6. The van der Waals surface area contributed by atoms with E-state index < -0.39 is 18.0 Å². The van der Waals surface area contributed by atoms with Gasteiger partial charge in [0.2, 0.25) is 5.91 Å². The number of carbonyl (C=O) groups is 2. The molecule has 2 N–H and O–H groups in total. The van der Waals surface area contributed by atoms with Gasteiger partial charge >= 0.3 is 0 Å². The van der Waals surface area contributed by atoms with Crippen LogP contribution in [-0.4, -0.2) is 28.3 Å². The number of hydrogen-bond donors (Lipinski definition) is 2. The highest BCUT2D eigenvalue weighted by atomic mass is 19.1. The summed E-state index contributed by atoms with van der Waals surface area (Å²) in [5, 5.41) is 2.71. The fourth-order valence-corrected chi connectivity index (χ4v) is 3.89. The maximum absolute atomic E-state index is 13.2. The zero-order chi connectivity index (χ0) is 22.0. The number of carbonyl (C=O) groups excluding carboxylic acids is 2. The van der Waals surface area contributed by atoms with E-state index in [4.69, 9.17) is 0 Å². The summed E-state index contributed by atoms with van der Waals surface area (Å²) in [4.78, 5) is 32.8. The lowest BCUT2D eigenvalue weighted by atomic mass is 9.90. The van der Waals surface area contributed by atoms with Gasteiger partial charge < -0.3 is 10.3 Å². The van der Waals surface area contributed by atoms with Crippen LogP contribution in [0.15, 0.2) is 48.7 Å². The molecule has 1 amide bonds. The molecule has 4 rings (SSSR count). The van der Waals surface area contributed by atoms with Crippen molar-refractivity contribution in [1.29, 1.82) is 0 Å². The van der Waals surface area contributed by atoms with Gasteiger partial charge in [-0.2, -0.15) is 0 Å². The molecule has 0 atom stereocenters. The summed E-state index contributed by atoms with van der Waals surface area (Å²) in [6, 6.07) is 13.7. The number of nitrogens with one attached hydrogen (secondary N) is 2. The van der Waals surface area contributed by atoms with Gasteiger partial charge in [0.1, 0.15) is 12.5 Å². The van der Waals surface area contributed by atoms with Gasteiger partial charge in [-0.05, 0) is 49.9 Å². The molecular weight excluding hydrogens is 393 g/mol. The number of Topliss-reactive ketones (excluding diaryl/α,β-unsaturated/α-hetero) is 1. The van der Waals surface area contributed by atoms with Crippen molar-refractivity contribution in [1.82, 2.24) is 9.97 Å². The second-order valence-corrected chi connectivity index (χ2v) is 8.67. The summed E-state index contributed by atoms with van der Waals surface area (Å²) in [6.45, 7) is 2.34. The molecule has 5 nitrogen and oxygen atoms in total. The number of alkyl halides is 1. The Morgan fingerprint density at radius 1 is 1.19 bits per heavy atom. The van der Waals surface area contributed by atoms with E-state index in [1.165, 1.54) is 0 Å². The van der Waals surface area contributed by atoms with Gasteiger partial charge in [0.05, 0.1) is 11.1 Å². The number of anilines is 1. The van der Waals surface area contributed by atoms with E-state index in [0.29, 0.717) is 18.7 Å². The van der Waals surface area contributed by atoms with Crippen molar-refractivity contribution in [2.24, 2.45) is 5.41 Å². The first-order valence-electron chi connectivity index (χ1n) is 10.5. The van der Waals surface area contributed by atoms with Gasteiger partial charge in [-0.25, -0.2) is 9.37 Å². The van der Waals surface area contributed by atoms with Crippen LogP contribution in [-0.2, 0) is 17.6 Å². The lowest BCUT2D eigenvalue weighted by Crippen LogP contribution is -2.32. The van der Waals surface area contributed by atoms with Crippen LogP contribution in [0.25, 0.3) is 11.3 Å². The molecule has 2 heterocycles. The van der Waals surface area contributed by atoms with Crippen LogP contribution in [0.5, 0.6) is 0 Å². The topological polar surface area (TPSA) is 74.8 Å². The highest BCUT2D eigenvalue weighted by Gasteiger charge is 2.29. The number of amides is 1. The molecule has 31 heavy (non-hydrogen) atoms. The number of pyridine rings is 1. The first kappa shape index (κ1) is 21.0. The largest absolute Gasteiger partial charge is 0.358 e. The average molecular weight is 420 g/mol. The maximum atomic E-state index is 13.2. The first-order chi connectivity index (χ1) is 14.9. The Kier molecular flexibility index (Phi) is 5.72. The monoisotopic (exact) mass is 419 g/mol. The summed E-state index contributed by atoms with van der Waals surface area (Å²) in [5.74, 6) is 0.0978. The van der Waals surface area contributed by atoms with Crippen molar-refractivity contribution < 1.29 is 14.0 Å². The molecule has 6 heteroatoms. The molecule has 0 bridgehead atoms. The molecule has 0 spiro atoms. The summed E-state index contributed by atoms with van der Waals surface area (Å²) >= 11 is 0. The molecule has 0 aliphatic heterocycles. The van der Waals surface area contributed by atoms with Gasteiger partial charge in [0.15, 0.2) is 5.78 Å². The Labute approximate surface area is 181 Å². The fourth-order valence-electron chi connectivity index (χ4n) is 3.89. The third-order valence-electron chi connectivity index (χ3n) is 5.75. The molecule has 1 aromatic carbocycles. The number of H-pyrrole nitrogens is 1. The van der Waals surface area contributed by atoms with E-state index in [1.807, 2.05) is 36.4 Å². The Bertz CT molecular complexity index is 1120. The number of aromatic nitrogens is 2. The van der Waals surface area contributed by atoms with E-state index >= 15 is 0 Å². The minimum Gasteiger partial charge on any atom is -0.358 e. The summed E-state index contributed by atoms with van der Waals surface area (Å²) < 4.78 is 13.2. The lowest BCUT2D eigenvalue weighted by molar-refractivity contribution is -0.124. The number of aryl methyl sites for hydroxylation is 1. The summed E-state index contributed by atoms with van der Waals surface area (Å²) in [6.07, 6.45) is 4.48. The van der Waals surface area contributed by atoms with Crippen molar-refractivity contribution in [3.05, 3.63) is 71.0 Å². The molecule has 0 fully saturated rings. The number of benzene rings is 1. The highest BCUT2D eigenvalue weighted by molar-refractivity contribution is 6.02. The quantitative estimate of drug-likeness (QED) is 0.582. The second kappa shape index (κ2) is 8.46. The number of ketones is 1. The Morgan fingerprint density at radius 2 is 1.97 bits per heavy atom.